The molecule has 204 valence electrons. The molecule has 7 nitrogen and oxygen atoms in total. The zero-order valence-electron chi connectivity index (χ0n) is 23.6. The van der Waals surface area contributed by atoms with Crippen LogP contribution in [0.3, 0.4) is 0 Å². The Hall–Kier alpha value is -3.71. The molecule has 0 saturated carbocycles. The van der Waals surface area contributed by atoms with E-state index in [1.807, 2.05) is 26.1 Å². The van der Waals surface area contributed by atoms with E-state index in [0.29, 0.717) is 6.61 Å². The number of hydrogen-bond donors (Lipinski definition) is 0. The van der Waals surface area contributed by atoms with Gasteiger partial charge in [-0.3, -0.25) is 9.69 Å². The van der Waals surface area contributed by atoms with Gasteiger partial charge in [0.15, 0.2) is 0 Å². The Morgan fingerprint density at radius 1 is 1.13 bits per heavy atom. The molecule has 0 amide bonds. The van der Waals surface area contributed by atoms with Crippen molar-refractivity contribution in [1.82, 2.24) is 19.9 Å². The first-order valence-corrected chi connectivity index (χ1v) is 13.9. The van der Waals surface area contributed by atoms with Crippen molar-refractivity contribution in [3.8, 4) is 5.75 Å². The molecule has 4 aromatic rings. The van der Waals surface area contributed by atoms with Gasteiger partial charge in [-0.25, -0.2) is 4.68 Å². The van der Waals surface area contributed by atoms with E-state index < -0.39 is 0 Å². The fourth-order valence-corrected chi connectivity index (χ4v) is 5.63. The van der Waals surface area contributed by atoms with Crippen molar-refractivity contribution < 1.29 is 14.3 Å². The second kappa shape index (κ2) is 11.6. The molecule has 1 aromatic heterocycles. The van der Waals surface area contributed by atoms with Gasteiger partial charge in [-0.05, 0) is 67.1 Å². The third-order valence-electron chi connectivity index (χ3n) is 7.88. The van der Waals surface area contributed by atoms with Crippen LogP contribution < -0.4 is 4.74 Å². The van der Waals surface area contributed by atoms with Crippen LogP contribution in [0.2, 0.25) is 0 Å². The zero-order chi connectivity index (χ0) is 27.5. The first-order valence-electron chi connectivity index (χ1n) is 13.9. The fourth-order valence-electron chi connectivity index (χ4n) is 5.63. The molecule has 0 N–H and O–H groups in total. The molecule has 0 bridgehead atoms. The lowest BCUT2D eigenvalue weighted by Crippen LogP contribution is -2.32. The minimum Gasteiger partial charge on any atom is -0.489 e. The number of para-hydroxylation sites is 1. The number of hydrogen-bond acceptors (Lipinski definition) is 6. The van der Waals surface area contributed by atoms with Crippen molar-refractivity contribution in [2.75, 3.05) is 13.2 Å². The number of esters is 1. The average molecular weight is 527 g/mol. The Morgan fingerprint density at radius 2 is 1.95 bits per heavy atom. The number of carbonyl (C=O) groups excluding carboxylic acids is 1. The van der Waals surface area contributed by atoms with Gasteiger partial charge in [0.25, 0.3) is 0 Å². The lowest BCUT2D eigenvalue weighted by molar-refractivity contribution is -0.143. The Kier molecular flexibility index (Phi) is 7.98. The molecule has 5 rings (SSSR count). The third kappa shape index (κ3) is 5.69. The van der Waals surface area contributed by atoms with E-state index in [9.17, 15) is 4.79 Å². The standard InChI is InChI=1S/C32H38N4O3/c1-6-26-20-36(18-24-10-8-9-11-30(24)39-26)19-25-16-23(13-12-21(25)3)28(17-31(37)38-7-2)27-14-15-29-32(22(27)4)33-34-35(29)5/h8-16,26,28H,6-7,17-20H2,1-5H3/t26?,28-/m1/s1. The minimum atomic E-state index is -0.199. The molecule has 2 heterocycles. The summed E-state index contributed by atoms with van der Waals surface area (Å²) >= 11 is 0. The largest absolute Gasteiger partial charge is 0.489 e. The molecule has 1 aliphatic rings. The van der Waals surface area contributed by atoms with Gasteiger partial charge in [0.05, 0.1) is 18.5 Å². The first kappa shape index (κ1) is 26.9. The molecule has 1 unspecified atom stereocenters. The Morgan fingerprint density at radius 3 is 2.74 bits per heavy atom. The highest BCUT2D eigenvalue weighted by Crippen LogP contribution is 2.35. The van der Waals surface area contributed by atoms with Crippen LogP contribution in [0.4, 0.5) is 0 Å². The highest BCUT2D eigenvalue weighted by Gasteiger charge is 2.25. The van der Waals surface area contributed by atoms with Gasteiger partial charge in [-0.1, -0.05) is 54.6 Å². The van der Waals surface area contributed by atoms with Gasteiger partial charge in [0.1, 0.15) is 17.4 Å². The Labute approximate surface area is 230 Å². The van der Waals surface area contributed by atoms with Gasteiger partial charge in [-0.2, -0.15) is 0 Å². The molecule has 39 heavy (non-hydrogen) atoms. The van der Waals surface area contributed by atoms with Crippen LogP contribution in [0.25, 0.3) is 11.0 Å². The summed E-state index contributed by atoms with van der Waals surface area (Å²) in [6.45, 7) is 11.1. The lowest BCUT2D eigenvalue weighted by Gasteiger charge is -2.25. The Balaban J connectivity index is 1.50. The molecule has 0 spiro atoms. The maximum atomic E-state index is 12.8. The molecule has 0 aliphatic carbocycles. The maximum Gasteiger partial charge on any atom is 0.306 e. The van der Waals surface area contributed by atoms with Gasteiger partial charge < -0.3 is 9.47 Å². The molecule has 2 atom stereocenters. The van der Waals surface area contributed by atoms with Crippen LogP contribution in [0, 0.1) is 13.8 Å². The van der Waals surface area contributed by atoms with Gasteiger partial charge >= 0.3 is 5.97 Å². The lowest BCUT2D eigenvalue weighted by atomic mass is 9.84. The van der Waals surface area contributed by atoms with Crippen LogP contribution >= 0.6 is 0 Å². The van der Waals surface area contributed by atoms with Crippen molar-refractivity contribution in [2.24, 2.45) is 7.05 Å². The molecule has 0 fully saturated rings. The van der Waals surface area contributed by atoms with Gasteiger partial charge in [-0.15, -0.1) is 5.10 Å². The summed E-state index contributed by atoms with van der Waals surface area (Å²) in [5, 5.41) is 8.61. The van der Waals surface area contributed by atoms with Crippen LogP contribution in [0.1, 0.15) is 66.0 Å². The predicted octanol–water partition coefficient (Wildman–Crippen LogP) is 5.84. The molecular weight excluding hydrogens is 488 g/mol. The van der Waals surface area contributed by atoms with Crippen molar-refractivity contribution in [1.29, 1.82) is 0 Å². The summed E-state index contributed by atoms with van der Waals surface area (Å²) in [6.07, 6.45) is 1.37. The summed E-state index contributed by atoms with van der Waals surface area (Å²) in [7, 11) is 1.90. The third-order valence-corrected chi connectivity index (χ3v) is 7.88. The van der Waals surface area contributed by atoms with Crippen molar-refractivity contribution in [3.05, 3.63) is 88.0 Å². The number of carbonyl (C=O) groups is 1. The predicted molar refractivity (Wildman–Crippen MR) is 153 cm³/mol. The van der Waals surface area contributed by atoms with Crippen molar-refractivity contribution in [3.63, 3.8) is 0 Å². The minimum absolute atomic E-state index is 0.147. The molecule has 0 saturated heterocycles. The van der Waals surface area contributed by atoms with E-state index in [-0.39, 0.29) is 24.4 Å². The van der Waals surface area contributed by atoms with Gasteiger partial charge in [0, 0.05) is 38.2 Å². The van der Waals surface area contributed by atoms with Crippen LogP contribution in [0.15, 0.2) is 54.6 Å². The molecule has 0 radical (unpaired) electrons. The summed E-state index contributed by atoms with van der Waals surface area (Å²) in [5.41, 5.74) is 8.78. The van der Waals surface area contributed by atoms with Gasteiger partial charge in [0.2, 0.25) is 0 Å². The highest BCUT2D eigenvalue weighted by atomic mass is 16.5. The highest BCUT2D eigenvalue weighted by molar-refractivity contribution is 5.80. The topological polar surface area (TPSA) is 69.5 Å². The summed E-state index contributed by atoms with van der Waals surface area (Å²) in [6, 6.07) is 19.1. The first-order chi connectivity index (χ1) is 18.9. The molecule has 3 aromatic carbocycles. The molecule has 1 aliphatic heterocycles. The second-order valence-corrected chi connectivity index (χ2v) is 10.5. The number of nitrogens with zero attached hydrogens (tertiary/aromatic N) is 4. The molecule has 7 heteroatoms. The van der Waals surface area contributed by atoms with E-state index in [1.54, 1.807) is 4.68 Å². The van der Waals surface area contributed by atoms with E-state index in [2.05, 4.69) is 78.4 Å². The number of ether oxygens (including phenoxy) is 2. The Bertz CT molecular complexity index is 1480. The van der Waals surface area contributed by atoms with Crippen LogP contribution in [-0.2, 0) is 29.7 Å². The summed E-state index contributed by atoms with van der Waals surface area (Å²) < 4.78 is 13.5. The average Bonchev–Trinajstić information content (AvgIpc) is 3.20. The second-order valence-electron chi connectivity index (χ2n) is 10.5. The SMILES string of the molecule is CCOC(=O)C[C@H](c1ccc(C)c(CN2Cc3ccccc3OC(CC)C2)c1)c1ccc2c(nnn2C)c1C. The number of aryl methyl sites for hydroxylation is 3. The van der Waals surface area contributed by atoms with E-state index in [1.165, 1.54) is 16.7 Å². The number of rotatable bonds is 8. The number of aromatic nitrogens is 3. The van der Waals surface area contributed by atoms with Crippen molar-refractivity contribution in [2.45, 2.75) is 65.6 Å². The summed E-state index contributed by atoms with van der Waals surface area (Å²) in [4.78, 5) is 15.3. The number of fused-ring (bicyclic) bond motifs is 2. The van der Waals surface area contributed by atoms with E-state index in [0.717, 1.165) is 59.5 Å². The smallest absolute Gasteiger partial charge is 0.306 e. The summed E-state index contributed by atoms with van der Waals surface area (Å²) in [5.74, 6) is 0.642. The maximum absolute atomic E-state index is 12.8. The van der Waals surface area contributed by atoms with Crippen LogP contribution in [-0.4, -0.2) is 45.1 Å². The fraction of sp³-hybridized carbons (Fsp3) is 0.406. The normalized spacial score (nSPS) is 16.4. The van der Waals surface area contributed by atoms with Crippen LogP contribution in [0.5, 0.6) is 5.75 Å². The molecular formula is C32H38N4O3. The quantitative estimate of drug-likeness (QED) is 0.269. The van der Waals surface area contributed by atoms with E-state index >= 15 is 0 Å². The monoisotopic (exact) mass is 526 g/mol. The van der Waals surface area contributed by atoms with Crippen molar-refractivity contribution >= 4 is 17.0 Å². The zero-order valence-corrected chi connectivity index (χ0v) is 23.6. The number of benzene rings is 3. The van der Waals surface area contributed by atoms with E-state index in [4.69, 9.17) is 9.47 Å².